The van der Waals surface area contributed by atoms with E-state index in [4.69, 9.17) is 5.73 Å². The van der Waals surface area contributed by atoms with Crippen LogP contribution in [0.5, 0.6) is 0 Å². The van der Waals surface area contributed by atoms with Gasteiger partial charge in [0.2, 0.25) is 0 Å². The maximum atomic E-state index is 5.94. The quantitative estimate of drug-likeness (QED) is 0.444. The van der Waals surface area contributed by atoms with Gasteiger partial charge in [-0.3, -0.25) is 4.99 Å². The highest BCUT2D eigenvalue weighted by Crippen LogP contribution is 2.21. The lowest BCUT2D eigenvalue weighted by atomic mass is 10.2. The second-order valence-electron chi connectivity index (χ2n) is 4.83. The molecule has 0 atom stereocenters. The van der Waals surface area contributed by atoms with E-state index in [1.807, 2.05) is 0 Å². The first-order valence-corrected chi connectivity index (χ1v) is 6.94. The average molecular weight is 368 g/mol. The van der Waals surface area contributed by atoms with E-state index in [9.17, 15) is 0 Å². The number of likely N-dealkylation sites (N-methyl/N-ethyl adjacent to an activating group) is 1. The Hall–Kier alpha value is -0.0400. The number of hydrogen-bond donors (Lipinski definition) is 1. The van der Waals surface area contributed by atoms with Crippen molar-refractivity contribution in [2.75, 3.05) is 33.2 Å². The number of hydrogen-bond acceptors (Lipinski definition) is 2. The predicted octanol–water partition coefficient (Wildman–Crippen LogP) is 2.14. The van der Waals surface area contributed by atoms with Crippen LogP contribution in [0, 0.1) is 0 Å². The Bertz CT molecular complexity index is 235. The monoisotopic (exact) mass is 368 g/mol. The molecule has 1 saturated carbocycles. The summed E-state index contributed by atoms with van der Waals surface area (Å²) in [5.41, 5.74) is 5.94. The minimum absolute atomic E-state index is 0. The fourth-order valence-corrected chi connectivity index (χ4v) is 2.50. The Balaban J connectivity index is 0.00000289. The third-order valence-electron chi connectivity index (χ3n) is 3.76. The predicted molar refractivity (Wildman–Crippen MR) is 89.7 cm³/mol. The maximum absolute atomic E-state index is 5.94. The summed E-state index contributed by atoms with van der Waals surface area (Å²) in [4.78, 5) is 8.99. The summed E-state index contributed by atoms with van der Waals surface area (Å²) < 4.78 is 0. The Morgan fingerprint density at radius 1 is 1.22 bits per heavy atom. The van der Waals surface area contributed by atoms with Crippen LogP contribution in [0.2, 0.25) is 0 Å². The number of guanidine groups is 1. The van der Waals surface area contributed by atoms with E-state index in [-0.39, 0.29) is 24.0 Å². The van der Waals surface area contributed by atoms with Crippen molar-refractivity contribution in [3.63, 3.8) is 0 Å². The molecule has 0 spiro atoms. The van der Waals surface area contributed by atoms with Crippen LogP contribution in [0.3, 0.4) is 0 Å². The number of rotatable bonds is 6. The third kappa shape index (κ3) is 5.73. The zero-order valence-corrected chi connectivity index (χ0v) is 14.4. The third-order valence-corrected chi connectivity index (χ3v) is 3.76. The molecular formula is C13H29IN4. The molecule has 0 aromatic heterocycles. The van der Waals surface area contributed by atoms with Gasteiger partial charge in [-0.05, 0) is 33.7 Å². The van der Waals surface area contributed by atoms with Gasteiger partial charge in [-0.1, -0.05) is 12.8 Å². The summed E-state index contributed by atoms with van der Waals surface area (Å²) >= 11 is 0. The number of halogens is 1. The summed E-state index contributed by atoms with van der Waals surface area (Å²) in [6.45, 7) is 7.92. The number of aliphatic imine (C=N–C) groups is 1. The molecule has 0 radical (unpaired) electrons. The lowest BCUT2D eigenvalue weighted by Crippen LogP contribution is -2.38. The fourth-order valence-electron chi connectivity index (χ4n) is 2.50. The lowest BCUT2D eigenvalue weighted by Gasteiger charge is -2.24. The summed E-state index contributed by atoms with van der Waals surface area (Å²) in [5, 5.41) is 0. The van der Waals surface area contributed by atoms with E-state index in [1.54, 1.807) is 0 Å². The van der Waals surface area contributed by atoms with Gasteiger partial charge in [0.25, 0.3) is 0 Å². The lowest BCUT2D eigenvalue weighted by molar-refractivity contribution is 0.252. The van der Waals surface area contributed by atoms with Gasteiger partial charge >= 0.3 is 0 Å². The SMILES string of the molecule is CCN(CC)C(N)=NCCN(C)C1CCCC1.I. The normalized spacial score (nSPS) is 17.0. The molecule has 108 valence electrons. The van der Waals surface area contributed by atoms with E-state index in [0.29, 0.717) is 5.96 Å². The first-order chi connectivity index (χ1) is 8.19. The standard InChI is InChI=1S/C13H28N4.HI/c1-4-17(5-2)13(14)15-10-11-16(3)12-8-6-7-9-12;/h12H,4-11H2,1-3H3,(H2,14,15);1H. The molecule has 18 heavy (non-hydrogen) atoms. The van der Waals surface area contributed by atoms with Gasteiger partial charge in [0, 0.05) is 25.7 Å². The van der Waals surface area contributed by atoms with Crippen molar-refractivity contribution in [2.24, 2.45) is 10.7 Å². The minimum atomic E-state index is 0. The average Bonchev–Trinajstić information content (AvgIpc) is 2.84. The molecule has 1 fully saturated rings. The smallest absolute Gasteiger partial charge is 0.191 e. The van der Waals surface area contributed by atoms with Gasteiger partial charge < -0.3 is 15.5 Å². The Labute approximate surface area is 129 Å². The zero-order chi connectivity index (χ0) is 12.7. The van der Waals surface area contributed by atoms with Gasteiger partial charge in [-0.2, -0.15) is 0 Å². The summed E-state index contributed by atoms with van der Waals surface area (Å²) in [7, 11) is 2.21. The molecule has 2 N–H and O–H groups in total. The van der Waals surface area contributed by atoms with E-state index in [0.717, 1.165) is 32.2 Å². The molecule has 4 nitrogen and oxygen atoms in total. The molecule has 1 rings (SSSR count). The molecule has 0 amide bonds. The van der Waals surface area contributed by atoms with Crippen molar-refractivity contribution >= 4 is 29.9 Å². The molecular weight excluding hydrogens is 339 g/mol. The van der Waals surface area contributed by atoms with Crippen molar-refractivity contribution in [1.29, 1.82) is 0 Å². The Morgan fingerprint density at radius 2 is 1.78 bits per heavy atom. The molecule has 0 bridgehead atoms. The van der Waals surface area contributed by atoms with Gasteiger partial charge in [0.15, 0.2) is 5.96 Å². The first kappa shape index (κ1) is 18.0. The van der Waals surface area contributed by atoms with Crippen molar-refractivity contribution in [3.05, 3.63) is 0 Å². The highest BCUT2D eigenvalue weighted by Gasteiger charge is 2.18. The van der Waals surface area contributed by atoms with E-state index in [1.165, 1.54) is 25.7 Å². The van der Waals surface area contributed by atoms with Crippen LogP contribution < -0.4 is 5.73 Å². The van der Waals surface area contributed by atoms with Gasteiger partial charge in [-0.25, -0.2) is 0 Å². The molecule has 5 heteroatoms. The number of nitrogens with two attached hydrogens (primary N) is 1. The zero-order valence-electron chi connectivity index (χ0n) is 12.1. The van der Waals surface area contributed by atoms with Crippen molar-refractivity contribution in [2.45, 2.75) is 45.6 Å². The fraction of sp³-hybridized carbons (Fsp3) is 0.923. The van der Waals surface area contributed by atoms with Gasteiger partial charge in [-0.15, -0.1) is 24.0 Å². The van der Waals surface area contributed by atoms with Crippen molar-refractivity contribution < 1.29 is 0 Å². The van der Waals surface area contributed by atoms with E-state index < -0.39 is 0 Å². The van der Waals surface area contributed by atoms with Crippen LogP contribution in [-0.4, -0.2) is 55.0 Å². The second kappa shape index (κ2) is 9.83. The summed E-state index contributed by atoms with van der Waals surface area (Å²) in [5.74, 6) is 0.690. The topological polar surface area (TPSA) is 44.9 Å². The van der Waals surface area contributed by atoms with Crippen LogP contribution in [0.25, 0.3) is 0 Å². The molecule has 0 aromatic rings. The highest BCUT2D eigenvalue weighted by atomic mass is 127. The molecule has 0 aliphatic heterocycles. The largest absolute Gasteiger partial charge is 0.370 e. The summed E-state index contributed by atoms with van der Waals surface area (Å²) in [6, 6.07) is 0.778. The van der Waals surface area contributed by atoms with Crippen molar-refractivity contribution in [3.8, 4) is 0 Å². The molecule has 0 saturated heterocycles. The first-order valence-electron chi connectivity index (χ1n) is 6.94. The van der Waals surface area contributed by atoms with Crippen LogP contribution in [-0.2, 0) is 0 Å². The van der Waals surface area contributed by atoms with Crippen LogP contribution >= 0.6 is 24.0 Å². The Kier molecular flexibility index (Phi) is 9.81. The molecule has 1 aliphatic carbocycles. The summed E-state index contributed by atoms with van der Waals surface area (Å²) in [6.07, 6.45) is 5.48. The minimum Gasteiger partial charge on any atom is -0.370 e. The molecule has 1 aliphatic rings. The van der Waals surface area contributed by atoms with Crippen LogP contribution in [0.4, 0.5) is 0 Å². The van der Waals surface area contributed by atoms with E-state index >= 15 is 0 Å². The van der Waals surface area contributed by atoms with Gasteiger partial charge in [0.1, 0.15) is 0 Å². The maximum Gasteiger partial charge on any atom is 0.191 e. The highest BCUT2D eigenvalue weighted by molar-refractivity contribution is 14.0. The van der Waals surface area contributed by atoms with Crippen LogP contribution in [0.15, 0.2) is 4.99 Å². The van der Waals surface area contributed by atoms with Crippen molar-refractivity contribution in [1.82, 2.24) is 9.80 Å². The van der Waals surface area contributed by atoms with E-state index in [2.05, 4.69) is 35.7 Å². The Morgan fingerprint density at radius 3 is 2.28 bits per heavy atom. The second-order valence-corrected chi connectivity index (χ2v) is 4.83. The molecule has 0 unspecified atom stereocenters. The number of nitrogens with zero attached hydrogens (tertiary/aromatic N) is 3. The molecule has 0 aromatic carbocycles. The molecule has 0 heterocycles. The van der Waals surface area contributed by atoms with Crippen LogP contribution in [0.1, 0.15) is 39.5 Å². The van der Waals surface area contributed by atoms with Gasteiger partial charge in [0.05, 0.1) is 6.54 Å².